The van der Waals surface area contributed by atoms with Crippen LogP contribution in [0.2, 0.25) is 5.02 Å². The SMILES string of the molecule is O=C(NC[C@H](O)c1ccccc1Cl)OCc1ccccc1. The Morgan fingerprint density at radius 2 is 1.81 bits per heavy atom. The lowest BCUT2D eigenvalue weighted by molar-refractivity contribution is 0.126. The summed E-state index contributed by atoms with van der Waals surface area (Å²) >= 11 is 5.97. The third-order valence-corrected chi connectivity index (χ3v) is 3.26. The number of carbonyl (C=O) groups is 1. The summed E-state index contributed by atoms with van der Waals surface area (Å²) in [5.41, 5.74) is 1.47. The molecule has 0 aromatic heterocycles. The van der Waals surface area contributed by atoms with Crippen molar-refractivity contribution >= 4 is 17.7 Å². The Bertz CT molecular complexity index is 589. The Hall–Kier alpha value is -2.04. The molecule has 110 valence electrons. The van der Waals surface area contributed by atoms with Crippen LogP contribution >= 0.6 is 11.6 Å². The zero-order valence-corrected chi connectivity index (χ0v) is 12.1. The first kappa shape index (κ1) is 15.4. The van der Waals surface area contributed by atoms with Gasteiger partial charge >= 0.3 is 6.09 Å². The predicted molar refractivity (Wildman–Crippen MR) is 81.0 cm³/mol. The van der Waals surface area contributed by atoms with Gasteiger partial charge in [0.15, 0.2) is 0 Å². The number of hydrogen-bond acceptors (Lipinski definition) is 3. The van der Waals surface area contributed by atoms with Gasteiger partial charge in [-0.3, -0.25) is 0 Å². The summed E-state index contributed by atoms with van der Waals surface area (Å²) < 4.78 is 5.05. The van der Waals surface area contributed by atoms with E-state index in [1.807, 2.05) is 30.3 Å². The monoisotopic (exact) mass is 305 g/mol. The zero-order chi connectivity index (χ0) is 15.1. The molecule has 0 bridgehead atoms. The van der Waals surface area contributed by atoms with E-state index in [0.717, 1.165) is 5.56 Å². The van der Waals surface area contributed by atoms with E-state index < -0.39 is 12.2 Å². The third-order valence-electron chi connectivity index (χ3n) is 2.92. The van der Waals surface area contributed by atoms with Crippen LogP contribution in [0.5, 0.6) is 0 Å². The van der Waals surface area contributed by atoms with Crippen LogP contribution < -0.4 is 5.32 Å². The summed E-state index contributed by atoms with van der Waals surface area (Å²) in [5.74, 6) is 0. The van der Waals surface area contributed by atoms with E-state index >= 15 is 0 Å². The second-order valence-corrected chi connectivity index (χ2v) is 4.89. The molecule has 0 heterocycles. The van der Waals surface area contributed by atoms with E-state index in [2.05, 4.69) is 5.32 Å². The van der Waals surface area contributed by atoms with Crippen LogP contribution in [-0.2, 0) is 11.3 Å². The highest BCUT2D eigenvalue weighted by atomic mass is 35.5. The van der Waals surface area contributed by atoms with Gasteiger partial charge in [0.1, 0.15) is 6.61 Å². The minimum absolute atomic E-state index is 0.0390. The number of hydrogen-bond donors (Lipinski definition) is 2. The van der Waals surface area contributed by atoms with Gasteiger partial charge in [0.05, 0.1) is 12.6 Å². The zero-order valence-electron chi connectivity index (χ0n) is 11.3. The summed E-state index contributed by atoms with van der Waals surface area (Å²) in [6.45, 7) is 0.228. The van der Waals surface area contributed by atoms with Gasteiger partial charge in [-0.25, -0.2) is 4.79 Å². The molecule has 0 unspecified atom stereocenters. The molecule has 21 heavy (non-hydrogen) atoms. The van der Waals surface area contributed by atoms with E-state index in [0.29, 0.717) is 10.6 Å². The first-order valence-electron chi connectivity index (χ1n) is 6.54. The van der Waals surface area contributed by atoms with Crippen LogP contribution in [0.25, 0.3) is 0 Å². The van der Waals surface area contributed by atoms with Gasteiger partial charge in [-0.15, -0.1) is 0 Å². The van der Waals surface area contributed by atoms with Crippen LogP contribution in [0.3, 0.4) is 0 Å². The van der Waals surface area contributed by atoms with Gasteiger partial charge in [0, 0.05) is 10.6 Å². The molecule has 4 nitrogen and oxygen atoms in total. The van der Waals surface area contributed by atoms with Crippen molar-refractivity contribution in [2.75, 3.05) is 6.54 Å². The van der Waals surface area contributed by atoms with Gasteiger partial charge in [0.2, 0.25) is 0 Å². The minimum atomic E-state index is -0.872. The van der Waals surface area contributed by atoms with Crippen molar-refractivity contribution < 1.29 is 14.6 Å². The molecular formula is C16H16ClNO3. The number of amides is 1. The van der Waals surface area contributed by atoms with Gasteiger partial charge in [-0.1, -0.05) is 60.1 Å². The van der Waals surface area contributed by atoms with Gasteiger partial charge < -0.3 is 15.2 Å². The highest BCUT2D eigenvalue weighted by Crippen LogP contribution is 2.21. The third kappa shape index (κ3) is 4.77. The van der Waals surface area contributed by atoms with E-state index in [1.54, 1.807) is 24.3 Å². The highest BCUT2D eigenvalue weighted by Gasteiger charge is 2.12. The molecule has 5 heteroatoms. The maximum absolute atomic E-state index is 11.6. The molecule has 1 amide bonds. The maximum atomic E-state index is 11.6. The standard InChI is InChI=1S/C16H16ClNO3/c17-14-9-5-4-8-13(14)15(19)10-18-16(20)21-11-12-6-2-1-3-7-12/h1-9,15,19H,10-11H2,(H,18,20)/t15-/m0/s1. The summed E-state index contributed by atoms with van der Waals surface area (Å²) in [4.78, 5) is 11.6. The highest BCUT2D eigenvalue weighted by molar-refractivity contribution is 6.31. The number of aliphatic hydroxyl groups is 1. The second-order valence-electron chi connectivity index (χ2n) is 4.48. The lowest BCUT2D eigenvalue weighted by atomic mass is 10.1. The topological polar surface area (TPSA) is 58.6 Å². The van der Waals surface area contributed by atoms with Crippen LogP contribution in [0, 0.1) is 0 Å². The van der Waals surface area contributed by atoms with E-state index in [9.17, 15) is 9.90 Å². The number of rotatable bonds is 5. The lowest BCUT2D eigenvalue weighted by Gasteiger charge is -2.13. The molecular weight excluding hydrogens is 290 g/mol. The Morgan fingerprint density at radius 3 is 2.52 bits per heavy atom. The van der Waals surface area contributed by atoms with E-state index in [1.165, 1.54) is 0 Å². The average Bonchev–Trinajstić information content (AvgIpc) is 2.52. The van der Waals surface area contributed by atoms with Gasteiger partial charge in [-0.2, -0.15) is 0 Å². The number of nitrogens with one attached hydrogen (secondary N) is 1. The maximum Gasteiger partial charge on any atom is 0.407 e. The van der Waals surface area contributed by atoms with Crippen molar-refractivity contribution in [3.63, 3.8) is 0 Å². The number of ether oxygens (including phenoxy) is 1. The Labute approximate surface area is 128 Å². The quantitative estimate of drug-likeness (QED) is 0.891. The van der Waals surface area contributed by atoms with Crippen molar-refractivity contribution in [1.29, 1.82) is 0 Å². The normalized spacial score (nSPS) is 11.7. The van der Waals surface area contributed by atoms with Gasteiger partial charge in [-0.05, 0) is 11.6 Å². The molecule has 0 fully saturated rings. The Kier molecular flexibility index (Phi) is 5.60. The molecule has 0 aliphatic heterocycles. The number of halogens is 1. The minimum Gasteiger partial charge on any atom is -0.445 e. The largest absolute Gasteiger partial charge is 0.445 e. The molecule has 0 aliphatic rings. The summed E-state index contributed by atoms with van der Waals surface area (Å²) in [6.07, 6.45) is -1.45. The van der Waals surface area contributed by atoms with Crippen LogP contribution in [0.1, 0.15) is 17.2 Å². The van der Waals surface area contributed by atoms with Crippen molar-refractivity contribution in [3.8, 4) is 0 Å². The van der Waals surface area contributed by atoms with Crippen molar-refractivity contribution in [3.05, 3.63) is 70.7 Å². The molecule has 2 N–H and O–H groups in total. The number of benzene rings is 2. The van der Waals surface area contributed by atoms with E-state index in [-0.39, 0.29) is 13.2 Å². The number of aliphatic hydroxyl groups excluding tert-OH is 1. The van der Waals surface area contributed by atoms with Crippen molar-refractivity contribution in [2.24, 2.45) is 0 Å². The fourth-order valence-electron chi connectivity index (χ4n) is 1.81. The molecule has 0 aliphatic carbocycles. The molecule has 0 radical (unpaired) electrons. The summed E-state index contributed by atoms with van der Waals surface area (Å²) in [6, 6.07) is 16.3. The van der Waals surface area contributed by atoms with E-state index in [4.69, 9.17) is 16.3 Å². The van der Waals surface area contributed by atoms with Crippen molar-refractivity contribution in [1.82, 2.24) is 5.32 Å². The average molecular weight is 306 g/mol. The summed E-state index contributed by atoms with van der Waals surface area (Å²) in [5, 5.41) is 13.0. The Morgan fingerprint density at radius 1 is 1.14 bits per heavy atom. The fourth-order valence-corrected chi connectivity index (χ4v) is 2.07. The molecule has 0 saturated carbocycles. The molecule has 2 aromatic rings. The van der Waals surface area contributed by atoms with Gasteiger partial charge in [0.25, 0.3) is 0 Å². The molecule has 0 spiro atoms. The Balaban J connectivity index is 1.77. The molecule has 2 rings (SSSR count). The predicted octanol–water partition coefficient (Wildman–Crippen LogP) is 3.30. The molecule has 1 atom stereocenters. The molecule has 2 aromatic carbocycles. The first-order chi connectivity index (χ1) is 10.2. The van der Waals surface area contributed by atoms with Crippen LogP contribution in [-0.4, -0.2) is 17.7 Å². The molecule has 0 saturated heterocycles. The number of alkyl carbamates (subject to hydrolysis) is 1. The fraction of sp³-hybridized carbons (Fsp3) is 0.188. The second kappa shape index (κ2) is 7.67. The summed E-state index contributed by atoms with van der Waals surface area (Å²) in [7, 11) is 0. The first-order valence-corrected chi connectivity index (χ1v) is 6.91. The van der Waals surface area contributed by atoms with Crippen molar-refractivity contribution in [2.45, 2.75) is 12.7 Å². The van der Waals surface area contributed by atoms with Crippen LogP contribution in [0.4, 0.5) is 4.79 Å². The lowest BCUT2D eigenvalue weighted by Crippen LogP contribution is -2.29. The smallest absolute Gasteiger partial charge is 0.407 e. The number of carbonyl (C=O) groups excluding carboxylic acids is 1. The van der Waals surface area contributed by atoms with Crippen LogP contribution in [0.15, 0.2) is 54.6 Å².